The van der Waals surface area contributed by atoms with Crippen molar-refractivity contribution in [2.24, 2.45) is 0 Å². The van der Waals surface area contributed by atoms with Crippen molar-refractivity contribution in [2.45, 2.75) is 26.4 Å². The number of rotatable bonds is 4. The smallest absolute Gasteiger partial charge is 0.0582 e. The molecule has 0 saturated heterocycles. The predicted octanol–water partition coefficient (Wildman–Crippen LogP) is 1.47. The highest BCUT2D eigenvalue weighted by Crippen LogP contribution is 2.02. The van der Waals surface area contributed by atoms with Gasteiger partial charge in [-0.1, -0.05) is 29.8 Å². The first-order valence-corrected chi connectivity index (χ1v) is 4.62. The van der Waals surface area contributed by atoms with Crippen LogP contribution in [-0.2, 0) is 6.54 Å². The van der Waals surface area contributed by atoms with Crippen LogP contribution in [0.4, 0.5) is 0 Å². The van der Waals surface area contributed by atoms with Crippen LogP contribution in [0.3, 0.4) is 0 Å². The molecule has 2 nitrogen and oxygen atoms in total. The van der Waals surface area contributed by atoms with Crippen molar-refractivity contribution in [2.75, 3.05) is 6.61 Å². The Kier molecular flexibility index (Phi) is 3.93. The maximum Gasteiger partial charge on any atom is 0.0582 e. The minimum absolute atomic E-state index is 0.168. The first-order chi connectivity index (χ1) is 6.22. The number of aryl methyl sites for hydroxylation is 1. The van der Waals surface area contributed by atoms with E-state index in [0.717, 1.165) is 6.54 Å². The zero-order valence-corrected chi connectivity index (χ0v) is 8.25. The summed E-state index contributed by atoms with van der Waals surface area (Å²) >= 11 is 0. The van der Waals surface area contributed by atoms with E-state index in [-0.39, 0.29) is 12.6 Å². The summed E-state index contributed by atoms with van der Waals surface area (Å²) in [4.78, 5) is 0. The molecular weight excluding hydrogens is 162 g/mol. The van der Waals surface area contributed by atoms with Gasteiger partial charge >= 0.3 is 0 Å². The Morgan fingerprint density at radius 2 is 1.92 bits per heavy atom. The first-order valence-electron chi connectivity index (χ1n) is 4.62. The van der Waals surface area contributed by atoms with Gasteiger partial charge in [0.25, 0.3) is 0 Å². The molecule has 1 rings (SSSR count). The molecule has 0 saturated carbocycles. The SMILES string of the molecule is Cc1ccc(CN[C@@H](C)CO)cc1. The van der Waals surface area contributed by atoms with E-state index < -0.39 is 0 Å². The van der Waals surface area contributed by atoms with Gasteiger partial charge in [0, 0.05) is 12.6 Å². The third kappa shape index (κ3) is 3.57. The molecule has 0 heterocycles. The Hall–Kier alpha value is -0.860. The van der Waals surface area contributed by atoms with Gasteiger partial charge in [0.1, 0.15) is 0 Å². The van der Waals surface area contributed by atoms with Crippen LogP contribution in [-0.4, -0.2) is 17.8 Å². The average Bonchev–Trinajstić information content (AvgIpc) is 2.16. The lowest BCUT2D eigenvalue weighted by Gasteiger charge is -2.10. The van der Waals surface area contributed by atoms with Crippen LogP contribution in [0.25, 0.3) is 0 Å². The molecule has 72 valence electrons. The largest absolute Gasteiger partial charge is 0.395 e. The first kappa shape index (κ1) is 10.2. The molecule has 0 aromatic heterocycles. The van der Waals surface area contributed by atoms with Crippen molar-refractivity contribution in [3.05, 3.63) is 35.4 Å². The van der Waals surface area contributed by atoms with Crippen LogP contribution in [0, 0.1) is 6.92 Å². The van der Waals surface area contributed by atoms with Crippen LogP contribution in [0.2, 0.25) is 0 Å². The molecule has 0 radical (unpaired) electrons. The molecule has 1 aromatic rings. The lowest BCUT2D eigenvalue weighted by atomic mass is 10.1. The third-order valence-corrected chi connectivity index (χ3v) is 2.05. The summed E-state index contributed by atoms with van der Waals surface area (Å²) in [5.41, 5.74) is 2.53. The van der Waals surface area contributed by atoms with Gasteiger partial charge in [0.2, 0.25) is 0 Å². The van der Waals surface area contributed by atoms with E-state index in [9.17, 15) is 0 Å². The van der Waals surface area contributed by atoms with Crippen molar-refractivity contribution in [3.63, 3.8) is 0 Å². The number of hydrogen-bond acceptors (Lipinski definition) is 2. The molecule has 1 atom stereocenters. The molecule has 2 heteroatoms. The summed E-state index contributed by atoms with van der Waals surface area (Å²) in [6.45, 7) is 5.05. The molecule has 0 bridgehead atoms. The van der Waals surface area contributed by atoms with Crippen molar-refractivity contribution in [3.8, 4) is 0 Å². The van der Waals surface area contributed by atoms with E-state index in [1.165, 1.54) is 11.1 Å². The van der Waals surface area contributed by atoms with E-state index in [4.69, 9.17) is 5.11 Å². The Balaban J connectivity index is 2.41. The van der Waals surface area contributed by atoms with Gasteiger partial charge in [-0.2, -0.15) is 0 Å². The summed E-state index contributed by atoms with van der Waals surface area (Å²) in [5, 5.41) is 12.0. The van der Waals surface area contributed by atoms with Gasteiger partial charge in [0.05, 0.1) is 6.61 Å². The molecule has 0 amide bonds. The number of benzene rings is 1. The molecule has 0 spiro atoms. The fraction of sp³-hybridized carbons (Fsp3) is 0.455. The van der Waals surface area contributed by atoms with E-state index >= 15 is 0 Å². The van der Waals surface area contributed by atoms with Gasteiger partial charge < -0.3 is 10.4 Å². The number of nitrogens with one attached hydrogen (secondary N) is 1. The predicted molar refractivity (Wildman–Crippen MR) is 54.6 cm³/mol. The highest BCUT2D eigenvalue weighted by atomic mass is 16.3. The summed E-state index contributed by atoms with van der Waals surface area (Å²) in [6.07, 6.45) is 0. The Morgan fingerprint density at radius 3 is 2.46 bits per heavy atom. The third-order valence-electron chi connectivity index (χ3n) is 2.05. The van der Waals surface area contributed by atoms with Crippen LogP contribution in [0.5, 0.6) is 0 Å². The highest BCUT2D eigenvalue weighted by Gasteiger charge is 1.98. The summed E-state index contributed by atoms with van der Waals surface area (Å²) in [6, 6.07) is 8.57. The minimum Gasteiger partial charge on any atom is -0.395 e. The summed E-state index contributed by atoms with van der Waals surface area (Å²) < 4.78 is 0. The van der Waals surface area contributed by atoms with E-state index in [1.807, 2.05) is 6.92 Å². The van der Waals surface area contributed by atoms with Gasteiger partial charge in [-0.05, 0) is 19.4 Å². The van der Waals surface area contributed by atoms with E-state index in [1.54, 1.807) is 0 Å². The average molecular weight is 179 g/mol. The fourth-order valence-electron chi connectivity index (χ4n) is 1.06. The maximum atomic E-state index is 8.79. The zero-order valence-electron chi connectivity index (χ0n) is 8.25. The molecule has 2 N–H and O–H groups in total. The minimum atomic E-state index is 0.168. The normalized spacial score (nSPS) is 12.8. The van der Waals surface area contributed by atoms with Crippen molar-refractivity contribution < 1.29 is 5.11 Å². The lowest BCUT2D eigenvalue weighted by molar-refractivity contribution is 0.251. The van der Waals surface area contributed by atoms with Crippen molar-refractivity contribution in [1.29, 1.82) is 0 Å². The standard InChI is InChI=1S/C11H17NO/c1-9-3-5-11(6-4-9)7-12-10(2)8-13/h3-6,10,12-13H,7-8H2,1-2H3/t10-/m0/s1. The Morgan fingerprint density at radius 1 is 1.31 bits per heavy atom. The number of aliphatic hydroxyl groups is 1. The van der Waals surface area contributed by atoms with Crippen LogP contribution >= 0.6 is 0 Å². The topological polar surface area (TPSA) is 32.3 Å². The summed E-state index contributed by atoms with van der Waals surface area (Å²) in [7, 11) is 0. The lowest BCUT2D eigenvalue weighted by Crippen LogP contribution is -2.28. The van der Waals surface area contributed by atoms with E-state index in [2.05, 4.69) is 36.5 Å². The monoisotopic (exact) mass is 179 g/mol. The fourth-order valence-corrected chi connectivity index (χ4v) is 1.06. The van der Waals surface area contributed by atoms with Gasteiger partial charge in [-0.3, -0.25) is 0 Å². The van der Waals surface area contributed by atoms with Crippen LogP contribution < -0.4 is 5.32 Å². The van der Waals surface area contributed by atoms with Crippen LogP contribution in [0.15, 0.2) is 24.3 Å². The molecular formula is C11H17NO. The Labute approximate surface area is 79.6 Å². The molecule has 0 aliphatic rings. The summed E-state index contributed by atoms with van der Waals surface area (Å²) in [5.74, 6) is 0. The molecule has 0 aliphatic heterocycles. The molecule has 13 heavy (non-hydrogen) atoms. The van der Waals surface area contributed by atoms with Crippen molar-refractivity contribution in [1.82, 2.24) is 5.32 Å². The second-order valence-corrected chi connectivity index (χ2v) is 3.45. The number of aliphatic hydroxyl groups excluding tert-OH is 1. The Bertz CT molecular complexity index is 243. The van der Waals surface area contributed by atoms with Gasteiger partial charge in [-0.25, -0.2) is 0 Å². The van der Waals surface area contributed by atoms with Crippen molar-refractivity contribution >= 4 is 0 Å². The quantitative estimate of drug-likeness (QED) is 0.733. The van der Waals surface area contributed by atoms with E-state index in [0.29, 0.717) is 0 Å². The van der Waals surface area contributed by atoms with Crippen LogP contribution in [0.1, 0.15) is 18.1 Å². The molecule has 1 aromatic carbocycles. The maximum absolute atomic E-state index is 8.79. The molecule has 0 unspecified atom stereocenters. The second-order valence-electron chi connectivity index (χ2n) is 3.45. The zero-order chi connectivity index (χ0) is 9.68. The number of hydrogen-bond donors (Lipinski definition) is 2. The molecule has 0 aliphatic carbocycles. The second kappa shape index (κ2) is 5.00. The molecule has 0 fully saturated rings. The van der Waals surface area contributed by atoms with Gasteiger partial charge in [-0.15, -0.1) is 0 Å². The highest BCUT2D eigenvalue weighted by molar-refractivity contribution is 5.21. The van der Waals surface area contributed by atoms with Gasteiger partial charge in [0.15, 0.2) is 0 Å².